The van der Waals surface area contributed by atoms with Gasteiger partial charge in [-0.25, -0.2) is 0 Å². The van der Waals surface area contributed by atoms with E-state index < -0.39 is 0 Å². The van der Waals surface area contributed by atoms with Crippen molar-refractivity contribution < 1.29 is 16.8 Å². The van der Waals surface area contributed by atoms with Crippen LogP contribution in [0.15, 0.2) is 167 Å². The second-order valence-corrected chi connectivity index (χ2v) is 29.8. The molecule has 72 heavy (non-hydrogen) atoms. The van der Waals surface area contributed by atoms with Gasteiger partial charge in [0.1, 0.15) is 0 Å². The number of thiophene rings is 12. The average Bonchev–Trinajstić information content (AvgIpc) is 4.20. The Morgan fingerprint density at radius 1 is 0.222 bits per heavy atom. The van der Waals surface area contributed by atoms with Crippen LogP contribution in [0.4, 0.5) is 0 Å². The van der Waals surface area contributed by atoms with Gasteiger partial charge in [-0.1, -0.05) is 56.4 Å². The molecule has 2 aliphatic carbocycles. The molecule has 0 amide bonds. The summed E-state index contributed by atoms with van der Waals surface area (Å²) in [5, 5.41) is 8.72. The molecule has 0 aromatic carbocycles. The van der Waals surface area contributed by atoms with Crippen molar-refractivity contribution in [2.24, 2.45) is 0 Å². The zero-order valence-electron chi connectivity index (χ0n) is 39.2. The summed E-state index contributed by atoms with van der Waals surface area (Å²) in [5.41, 5.74) is 0. The van der Waals surface area contributed by atoms with Crippen LogP contribution in [0.5, 0.6) is 0 Å². The largest absolute Gasteiger partial charge is 2.00 e. The van der Waals surface area contributed by atoms with Crippen LogP contribution in [0.2, 0.25) is 0 Å². The van der Waals surface area contributed by atoms with Crippen molar-refractivity contribution in [2.75, 3.05) is 0 Å². The van der Waals surface area contributed by atoms with E-state index in [1.807, 2.05) is 136 Å². The summed E-state index contributed by atoms with van der Waals surface area (Å²) in [7, 11) is 0. The van der Waals surface area contributed by atoms with Gasteiger partial charge in [0.05, 0.1) is 0 Å². The summed E-state index contributed by atoms with van der Waals surface area (Å²) in [6.45, 7) is 0. The van der Waals surface area contributed by atoms with Gasteiger partial charge >= 0.3 is 16.8 Å². The molecule has 0 unspecified atom stereocenters. The predicted octanol–water partition coefficient (Wildman–Crippen LogP) is 24.1. The topological polar surface area (TPSA) is 0 Å². The van der Waals surface area contributed by atoms with Crippen LogP contribution >= 0.6 is 136 Å². The molecular formula is C59H48CoS12. The zero-order valence-corrected chi connectivity index (χ0v) is 50.1. The maximum Gasteiger partial charge on any atom is 2.00 e. The van der Waals surface area contributed by atoms with Gasteiger partial charge in [0.25, 0.3) is 0 Å². The Labute approximate surface area is 482 Å². The van der Waals surface area contributed by atoms with Gasteiger partial charge in [0.2, 0.25) is 0 Å². The number of hydrogen-bond donors (Lipinski definition) is 0. The Hall–Kier alpha value is -3.09. The third-order valence-electron chi connectivity index (χ3n) is 13.1. The maximum absolute atomic E-state index is 2.48. The van der Waals surface area contributed by atoms with Gasteiger partial charge in [0.15, 0.2) is 0 Å². The van der Waals surface area contributed by atoms with Gasteiger partial charge in [0, 0.05) is 121 Å². The van der Waals surface area contributed by atoms with Crippen molar-refractivity contribution in [3.8, 4) is 78.0 Å². The molecule has 0 aliphatic heterocycles. The molecule has 2 fully saturated rings. The molecule has 2 aliphatic rings. The van der Waals surface area contributed by atoms with Crippen LogP contribution in [-0.4, -0.2) is 0 Å². The maximum atomic E-state index is 2.48. The van der Waals surface area contributed by atoms with Crippen LogP contribution in [0.1, 0.15) is 75.3 Å². The summed E-state index contributed by atoms with van der Waals surface area (Å²) in [6, 6.07) is 55.7. The molecule has 0 atom stereocenters. The molecule has 12 heterocycles. The van der Waals surface area contributed by atoms with Gasteiger partial charge < -0.3 is 14.9 Å². The van der Waals surface area contributed by atoms with Crippen LogP contribution in [0, 0.1) is 14.9 Å². The Morgan fingerprint density at radius 2 is 0.403 bits per heavy atom. The molecule has 0 spiro atoms. The van der Waals surface area contributed by atoms with Crippen LogP contribution in [0.3, 0.4) is 0 Å². The van der Waals surface area contributed by atoms with Crippen molar-refractivity contribution in [3.05, 3.63) is 201 Å². The van der Waals surface area contributed by atoms with Crippen molar-refractivity contribution in [2.45, 2.75) is 55.8 Å². The van der Waals surface area contributed by atoms with E-state index in [-0.39, 0.29) is 31.6 Å². The molecule has 365 valence electrons. The zero-order chi connectivity index (χ0) is 45.7. The fourth-order valence-electron chi connectivity index (χ4n) is 9.79. The first-order chi connectivity index (χ1) is 34.2. The Morgan fingerprint density at radius 3 is 0.597 bits per heavy atom. The molecule has 0 nitrogen and oxygen atoms in total. The quantitative estimate of drug-likeness (QED) is 0.107. The molecule has 0 bridgehead atoms. The minimum Gasteiger partial charge on any atom is -0.358 e. The van der Waals surface area contributed by atoms with E-state index in [4.69, 9.17) is 0 Å². The molecule has 14 rings (SSSR count). The van der Waals surface area contributed by atoms with Crippen molar-refractivity contribution in [1.29, 1.82) is 0 Å². The first-order valence-corrected chi connectivity index (χ1v) is 33.2. The first kappa shape index (κ1) is 52.4. The van der Waals surface area contributed by atoms with Crippen LogP contribution < -0.4 is 0 Å². The smallest absolute Gasteiger partial charge is 0.358 e. The third kappa shape index (κ3) is 10.6. The minimum atomic E-state index is 0. The molecule has 12 aromatic rings. The fourth-order valence-corrected chi connectivity index (χ4v) is 22.3. The van der Waals surface area contributed by atoms with Gasteiger partial charge in [-0.15, -0.1) is 136 Å². The van der Waals surface area contributed by atoms with Gasteiger partial charge in [-0.05, 0) is 143 Å². The molecule has 2 saturated carbocycles. The summed E-state index contributed by atoms with van der Waals surface area (Å²) < 4.78 is 0. The molecule has 1 radical (unpaired) electrons. The van der Waals surface area contributed by atoms with Crippen molar-refractivity contribution in [1.82, 2.24) is 0 Å². The molecule has 13 heteroatoms. The first-order valence-electron chi connectivity index (χ1n) is 23.1. The van der Waals surface area contributed by atoms with Crippen molar-refractivity contribution >= 4 is 136 Å². The van der Waals surface area contributed by atoms with Crippen molar-refractivity contribution in [3.63, 3.8) is 0 Å². The summed E-state index contributed by atoms with van der Waals surface area (Å²) in [5.74, 6) is 1.41. The van der Waals surface area contributed by atoms with E-state index in [1.165, 1.54) is 130 Å². The number of rotatable bonds is 12. The van der Waals surface area contributed by atoms with Crippen LogP contribution in [0.25, 0.3) is 78.0 Å². The van der Waals surface area contributed by atoms with E-state index in [1.54, 1.807) is 0 Å². The van der Waals surface area contributed by atoms with E-state index in [9.17, 15) is 0 Å². The monoisotopic (exact) mass is 1200 g/mol. The van der Waals surface area contributed by atoms with Crippen LogP contribution in [-0.2, 0) is 16.8 Å². The van der Waals surface area contributed by atoms with E-state index in [0.29, 0.717) is 23.7 Å². The Bertz CT molecular complexity index is 3050. The van der Waals surface area contributed by atoms with Gasteiger partial charge in [-0.2, -0.15) is 0 Å². The average molecular weight is 1200 g/mol. The summed E-state index contributed by atoms with van der Waals surface area (Å²) in [6.07, 6.45) is 7.50. The van der Waals surface area contributed by atoms with E-state index >= 15 is 0 Å². The van der Waals surface area contributed by atoms with E-state index in [0.717, 1.165) is 0 Å². The standard InChI is InChI=1S/C52H32S12.C5H10.2CH3.Co/c1-5-29(53-25-1)33-9-13-37(57-33)41-17-21-45(61-41)49-50(46-22-18-42(62-46)38-14-10-34(58-38)30-6-2-26-54-30)52(48-24-20-44(64-48)40-16-12-36(60-40)32-8-4-28-56-32)51(49)47-23-19-43(63-47)39-15-11-35(59-39)31-7-3-27-55-31;1-2-4-5-3-1;;;/h1-28,49-52H;1-5H2;2*1H3;/q;;2*-1;+2. The second-order valence-electron chi connectivity index (χ2n) is 17.2. The third-order valence-corrected chi connectivity index (χ3v) is 27.2. The summed E-state index contributed by atoms with van der Waals surface area (Å²) >= 11 is 23.1. The normalized spacial score (nSPS) is 17.1. The van der Waals surface area contributed by atoms with Gasteiger partial charge in [-0.3, -0.25) is 0 Å². The molecule has 0 saturated heterocycles. The SMILES string of the molecule is C1CCCC1.[CH3-].[CH3-].[Co+2].c1csc(-c2ccc(-c3ccc(C4C(c5ccc(-c6ccc(-c7cccs7)s6)s5)C(c5ccc(-c6ccc(-c7cccs7)s6)s5)C4c4ccc(-c5ccc(-c6cccs6)s5)s4)s3)s2)c1. The minimum absolute atomic E-state index is 0. The predicted molar refractivity (Wildman–Crippen MR) is 331 cm³/mol. The molecule has 0 N–H and O–H groups in total. The number of hydrogen-bond acceptors (Lipinski definition) is 12. The fraction of sp³-hybridized carbons (Fsp3) is 0.153. The van der Waals surface area contributed by atoms with E-state index in [2.05, 4.69) is 167 Å². The Kier molecular flexibility index (Phi) is 17.0. The molecule has 12 aromatic heterocycles. The second kappa shape index (κ2) is 23.4. The summed E-state index contributed by atoms with van der Waals surface area (Å²) in [4.78, 5) is 27.7. The Balaban J connectivity index is 0.000000705. The molecular weight excluding hydrogens is 1150 g/mol.